The molecule has 1 heterocycles. The number of nitrogens with zero attached hydrogens (tertiary/aromatic N) is 2. The molecule has 2 nitrogen and oxygen atoms in total. The number of alkyl halides is 1. The van der Waals surface area contributed by atoms with Gasteiger partial charge in [0.2, 0.25) is 0 Å². The Hall–Kier alpha value is -1.43. The molecule has 0 amide bonds. The first-order chi connectivity index (χ1) is 5.36. The summed E-state index contributed by atoms with van der Waals surface area (Å²) in [7, 11) is 0. The molecule has 0 unspecified atom stereocenters. The van der Waals surface area contributed by atoms with E-state index in [-0.39, 0.29) is 0 Å². The smallest absolute Gasteiger partial charge is 0.131 e. The van der Waals surface area contributed by atoms with Gasteiger partial charge in [-0.1, -0.05) is 6.07 Å². The molecule has 11 heavy (non-hydrogen) atoms. The molecule has 1 aromatic rings. The quantitative estimate of drug-likeness (QED) is 0.642. The molecule has 0 radical (unpaired) electrons. The van der Waals surface area contributed by atoms with Crippen LogP contribution >= 0.6 is 0 Å². The number of nitriles is 1. The third-order valence-electron chi connectivity index (χ3n) is 1.31. The Bertz CT molecular complexity index is 260. The van der Waals surface area contributed by atoms with Crippen molar-refractivity contribution in [2.75, 3.05) is 0 Å². The highest BCUT2D eigenvalue weighted by atomic mass is 19.1. The normalized spacial score (nSPS) is 9.09. The van der Waals surface area contributed by atoms with E-state index in [2.05, 4.69) is 4.98 Å². The van der Waals surface area contributed by atoms with Gasteiger partial charge in [-0.3, -0.25) is 4.98 Å². The molecular weight excluding hydrogens is 143 g/mol. The van der Waals surface area contributed by atoms with Crippen LogP contribution in [0.5, 0.6) is 0 Å². The summed E-state index contributed by atoms with van der Waals surface area (Å²) in [6.45, 7) is -0.549. The molecule has 0 aliphatic rings. The average Bonchev–Trinajstić information content (AvgIpc) is 2.07. The standard InChI is InChI=1S/C8H7FN2/c9-5-8-2-1-7(3-4-10)6-11-8/h1-2,6H,3,5H2. The predicted octanol–water partition coefficient (Wildman–Crippen LogP) is 1.62. The molecule has 1 rings (SSSR count). The van der Waals surface area contributed by atoms with E-state index in [4.69, 9.17) is 5.26 Å². The number of pyridine rings is 1. The van der Waals surface area contributed by atoms with Crippen LogP contribution in [0.25, 0.3) is 0 Å². The van der Waals surface area contributed by atoms with Gasteiger partial charge in [-0.25, -0.2) is 4.39 Å². The first-order valence-corrected chi connectivity index (χ1v) is 3.23. The second kappa shape index (κ2) is 3.67. The summed E-state index contributed by atoms with van der Waals surface area (Å²) in [5.41, 5.74) is 1.23. The molecule has 1 aromatic heterocycles. The second-order valence-electron chi connectivity index (χ2n) is 2.13. The lowest BCUT2D eigenvalue weighted by molar-refractivity contribution is 0.476. The SMILES string of the molecule is N#CCc1ccc(CF)nc1. The van der Waals surface area contributed by atoms with Crippen LogP contribution in [0, 0.1) is 11.3 Å². The molecule has 3 heteroatoms. The van der Waals surface area contributed by atoms with Crippen LogP contribution in [0.2, 0.25) is 0 Å². The number of rotatable bonds is 2. The molecule has 0 N–H and O–H groups in total. The molecule has 56 valence electrons. The summed E-state index contributed by atoms with van der Waals surface area (Å²) in [5, 5.41) is 8.29. The van der Waals surface area contributed by atoms with Crippen LogP contribution < -0.4 is 0 Å². The van der Waals surface area contributed by atoms with Gasteiger partial charge in [0.05, 0.1) is 18.2 Å². The number of halogens is 1. The first kappa shape index (κ1) is 7.67. The first-order valence-electron chi connectivity index (χ1n) is 3.23. The summed E-state index contributed by atoms with van der Waals surface area (Å²) >= 11 is 0. The number of hydrogen-bond donors (Lipinski definition) is 0. The largest absolute Gasteiger partial charge is 0.258 e. The molecule has 0 aromatic carbocycles. The van der Waals surface area contributed by atoms with Crippen molar-refractivity contribution in [3.63, 3.8) is 0 Å². The fourth-order valence-electron chi connectivity index (χ4n) is 0.730. The van der Waals surface area contributed by atoms with Crippen LogP contribution in [-0.2, 0) is 13.1 Å². The Kier molecular flexibility index (Phi) is 2.56. The third kappa shape index (κ3) is 2.01. The molecule has 0 bridgehead atoms. The van der Waals surface area contributed by atoms with Crippen LogP contribution in [0.4, 0.5) is 4.39 Å². The molecule has 0 fully saturated rings. The van der Waals surface area contributed by atoms with Gasteiger partial charge >= 0.3 is 0 Å². The van der Waals surface area contributed by atoms with E-state index in [0.717, 1.165) is 5.56 Å². The predicted molar refractivity (Wildman–Crippen MR) is 38.4 cm³/mol. The number of hydrogen-bond acceptors (Lipinski definition) is 2. The van der Waals surface area contributed by atoms with Crippen molar-refractivity contribution in [1.82, 2.24) is 4.98 Å². The van der Waals surface area contributed by atoms with E-state index in [1.807, 2.05) is 6.07 Å². The summed E-state index contributed by atoms with van der Waals surface area (Å²) in [4.78, 5) is 3.79. The minimum atomic E-state index is -0.549. The van der Waals surface area contributed by atoms with Gasteiger partial charge in [0.15, 0.2) is 0 Å². The minimum Gasteiger partial charge on any atom is -0.258 e. The Morgan fingerprint density at radius 2 is 2.36 bits per heavy atom. The van der Waals surface area contributed by atoms with Crippen molar-refractivity contribution in [3.05, 3.63) is 29.6 Å². The zero-order valence-corrected chi connectivity index (χ0v) is 5.92. The Labute approximate surface area is 64.3 Å². The van der Waals surface area contributed by atoms with Crippen molar-refractivity contribution in [1.29, 1.82) is 5.26 Å². The summed E-state index contributed by atoms with van der Waals surface area (Å²) in [6.07, 6.45) is 1.86. The van der Waals surface area contributed by atoms with Gasteiger partial charge in [0, 0.05) is 6.20 Å². The molecule has 0 saturated heterocycles. The summed E-state index contributed by atoms with van der Waals surface area (Å²) in [6, 6.07) is 5.29. The van der Waals surface area contributed by atoms with Crippen LogP contribution in [0.1, 0.15) is 11.3 Å². The summed E-state index contributed by atoms with van der Waals surface area (Å²) in [5.74, 6) is 0. The fraction of sp³-hybridized carbons (Fsp3) is 0.250. The highest BCUT2D eigenvalue weighted by molar-refractivity contribution is 5.16. The second-order valence-corrected chi connectivity index (χ2v) is 2.13. The van der Waals surface area contributed by atoms with Gasteiger partial charge in [-0.05, 0) is 11.6 Å². The highest BCUT2D eigenvalue weighted by Gasteiger charge is 1.93. The van der Waals surface area contributed by atoms with Crippen molar-refractivity contribution in [2.24, 2.45) is 0 Å². The zero-order chi connectivity index (χ0) is 8.10. The van der Waals surface area contributed by atoms with E-state index in [1.165, 1.54) is 6.20 Å². The maximum atomic E-state index is 11.9. The Morgan fingerprint density at radius 3 is 2.82 bits per heavy atom. The van der Waals surface area contributed by atoms with Gasteiger partial charge in [-0.15, -0.1) is 0 Å². The van der Waals surface area contributed by atoms with E-state index >= 15 is 0 Å². The van der Waals surface area contributed by atoms with E-state index in [0.29, 0.717) is 12.1 Å². The molecule has 0 spiro atoms. The Morgan fingerprint density at radius 1 is 1.55 bits per heavy atom. The molecule has 0 aliphatic carbocycles. The van der Waals surface area contributed by atoms with E-state index in [9.17, 15) is 4.39 Å². The highest BCUT2D eigenvalue weighted by Crippen LogP contribution is 2.01. The van der Waals surface area contributed by atoms with Crippen molar-refractivity contribution in [3.8, 4) is 6.07 Å². The molecular formula is C8H7FN2. The van der Waals surface area contributed by atoms with E-state index in [1.54, 1.807) is 12.1 Å². The molecule has 0 atom stereocenters. The lowest BCUT2D eigenvalue weighted by atomic mass is 10.2. The molecule has 0 saturated carbocycles. The van der Waals surface area contributed by atoms with Crippen molar-refractivity contribution in [2.45, 2.75) is 13.1 Å². The lowest BCUT2D eigenvalue weighted by Gasteiger charge is -1.94. The van der Waals surface area contributed by atoms with Crippen molar-refractivity contribution >= 4 is 0 Å². The van der Waals surface area contributed by atoms with Gasteiger partial charge < -0.3 is 0 Å². The number of aromatic nitrogens is 1. The van der Waals surface area contributed by atoms with Crippen LogP contribution in [-0.4, -0.2) is 4.98 Å². The lowest BCUT2D eigenvalue weighted by Crippen LogP contribution is -1.87. The zero-order valence-electron chi connectivity index (χ0n) is 5.92. The summed E-state index contributed by atoms with van der Waals surface area (Å²) < 4.78 is 11.9. The monoisotopic (exact) mass is 150 g/mol. The van der Waals surface area contributed by atoms with Gasteiger partial charge in [0.1, 0.15) is 6.67 Å². The Balaban J connectivity index is 2.76. The topological polar surface area (TPSA) is 36.7 Å². The fourth-order valence-corrected chi connectivity index (χ4v) is 0.730. The molecule has 0 aliphatic heterocycles. The third-order valence-corrected chi connectivity index (χ3v) is 1.31. The van der Waals surface area contributed by atoms with Crippen molar-refractivity contribution < 1.29 is 4.39 Å². The maximum absolute atomic E-state index is 11.9. The van der Waals surface area contributed by atoms with Gasteiger partial charge in [0.25, 0.3) is 0 Å². The van der Waals surface area contributed by atoms with E-state index < -0.39 is 6.67 Å². The minimum absolute atomic E-state index is 0.333. The maximum Gasteiger partial charge on any atom is 0.131 e. The average molecular weight is 150 g/mol. The van der Waals surface area contributed by atoms with Crippen LogP contribution in [0.15, 0.2) is 18.3 Å². The van der Waals surface area contributed by atoms with Crippen LogP contribution in [0.3, 0.4) is 0 Å². The van der Waals surface area contributed by atoms with Gasteiger partial charge in [-0.2, -0.15) is 5.26 Å².